The molecule has 0 aliphatic rings. The molecule has 25 heavy (non-hydrogen) atoms. The third-order valence-electron chi connectivity index (χ3n) is 4.08. The number of para-hydroxylation sites is 1. The zero-order valence-corrected chi connectivity index (χ0v) is 15.1. The third-order valence-corrected chi connectivity index (χ3v) is 4.61. The predicted molar refractivity (Wildman–Crippen MR) is 99.0 cm³/mol. The monoisotopic (exact) mass is 401 g/mol. The van der Waals surface area contributed by atoms with E-state index in [0.29, 0.717) is 16.9 Å². The van der Waals surface area contributed by atoms with Gasteiger partial charge >= 0.3 is 0 Å². The Kier molecular flexibility index (Phi) is 4.85. The maximum atomic E-state index is 13.0. The van der Waals surface area contributed by atoms with Crippen LogP contribution in [0.15, 0.2) is 63.9 Å². The number of aromatic nitrogens is 2. The summed E-state index contributed by atoms with van der Waals surface area (Å²) in [6.07, 6.45) is 0. The molecule has 1 heterocycles. The molecule has 0 radical (unpaired) electrons. The van der Waals surface area contributed by atoms with Crippen molar-refractivity contribution in [2.24, 2.45) is 0 Å². The van der Waals surface area contributed by atoms with Gasteiger partial charge in [0.05, 0.1) is 17.2 Å². The van der Waals surface area contributed by atoms with Crippen LogP contribution < -0.4 is 5.56 Å². The molecule has 2 aromatic carbocycles. The number of nitro groups is 1. The predicted octanol–water partition coefficient (Wildman–Crippen LogP) is 3.65. The summed E-state index contributed by atoms with van der Waals surface area (Å²) in [5.41, 5.74) is 2.21. The first kappa shape index (κ1) is 17.2. The van der Waals surface area contributed by atoms with Crippen LogP contribution in [0.4, 0.5) is 0 Å². The van der Waals surface area contributed by atoms with Gasteiger partial charge in [0.1, 0.15) is 0 Å². The van der Waals surface area contributed by atoms with Crippen LogP contribution in [0, 0.1) is 17.0 Å². The maximum absolute atomic E-state index is 13.0. The number of nitrogens with zero attached hydrogens (tertiary/aromatic N) is 2. The van der Waals surface area contributed by atoms with E-state index in [1.54, 1.807) is 19.1 Å². The first-order valence-corrected chi connectivity index (χ1v) is 8.51. The largest absolute Gasteiger partial charge is 0.295 e. The maximum Gasteiger partial charge on any atom is 0.275 e. The summed E-state index contributed by atoms with van der Waals surface area (Å²) >= 11 is 3.36. The van der Waals surface area contributed by atoms with Crippen molar-refractivity contribution >= 4 is 15.9 Å². The molecule has 0 aliphatic carbocycles. The molecular formula is C18H16BrN3O3. The molecule has 0 saturated carbocycles. The van der Waals surface area contributed by atoms with Gasteiger partial charge in [0, 0.05) is 15.1 Å². The molecule has 128 valence electrons. The molecule has 1 N–H and O–H groups in total. The van der Waals surface area contributed by atoms with Gasteiger partial charge < -0.3 is 0 Å². The highest BCUT2D eigenvalue weighted by molar-refractivity contribution is 9.10. The number of rotatable bonds is 5. The summed E-state index contributed by atoms with van der Waals surface area (Å²) in [6.45, 7) is 1.42. The van der Waals surface area contributed by atoms with Crippen LogP contribution in [0.5, 0.6) is 0 Å². The fourth-order valence-corrected chi connectivity index (χ4v) is 3.20. The van der Waals surface area contributed by atoms with Crippen LogP contribution >= 0.6 is 15.9 Å². The zero-order chi connectivity index (χ0) is 18.0. The number of hydrogen-bond acceptors (Lipinski definition) is 3. The fraction of sp³-hybridized carbons (Fsp3) is 0.167. The minimum atomic E-state index is -0.614. The van der Waals surface area contributed by atoms with Gasteiger partial charge in [0.2, 0.25) is 6.54 Å². The molecule has 0 unspecified atom stereocenters. The van der Waals surface area contributed by atoms with Crippen molar-refractivity contribution in [3.05, 3.63) is 96.4 Å². The van der Waals surface area contributed by atoms with E-state index >= 15 is 0 Å². The Balaban J connectivity index is 2.13. The summed E-state index contributed by atoms with van der Waals surface area (Å²) in [6, 6.07) is 16.4. The molecule has 1 atom stereocenters. The summed E-state index contributed by atoms with van der Waals surface area (Å²) in [7, 11) is 0. The molecular weight excluding hydrogens is 386 g/mol. The lowest BCUT2D eigenvalue weighted by Crippen LogP contribution is -2.23. The Labute approximate surface area is 152 Å². The average molecular weight is 402 g/mol. The molecule has 0 spiro atoms. The fourth-order valence-electron chi connectivity index (χ4n) is 2.94. The zero-order valence-electron chi connectivity index (χ0n) is 13.5. The summed E-state index contributed by atoms with van der Waals surface area (Å²) in [4.78, 5) is 23.8. The highest BCUT2D eigenvalue weighted by Crippen LogP contribution is 2.26. The second kappa shape index (κ2) is 7.06. The Morgan fingerprint density at radius 1 is 1.16 bits per heavy atom. The number of hydrogen-bond donors (Lipinski definition) is 1. The summed E-state index contributed by atoms with van der Waals surface area (Å²) in [5, 5.41) is 14.2. The minimum absolute atomic E-state index is 0.265. The van der Waals surface area contributed by atoms with Gasteiger partial charge in [-0.3, -0.25) is 20.0 Å². The average Bonchev–Trinajstić information content (AvgIpc) is 2.89. The number of aryl methyl sites for hydroxylation is 1. The first-order chi connectivity index (χ1) is 12.0. The molecule has 0 saturated heterocycles. The van der Waals surface area contributed by atoms with Crippen molar-refractivity contribution in [2.45, 2.75) is 12.8 Å². The highest BCUT2D eigenvalue weighted by Gasteiger charge is 2.27. The lowest BCUT2D eigenvalue weighted by molar-refractivity contribution is -0.481. The molecule has 0 aliphatic heterocycles. The minimum Gasteiger partial charge on any atom is -0.295 e. The number of benzene rings is 2. The van der Waals surface area contributed by atoms with Crippen molar-refractivity contribution in [1.29, 1.82) is 0 Å². The van der Waals surface area contributed by atoms with Crippen molar-refractivity contribution in [3.8, 4) is 5.69 Å². The second-order valence-corrected chi connectivity index (χ2v) is 6.66. The molecule has 0 bridgehead atoms. The summed E-state index contributed by atoms with van der Waals surface area (Å²) in [5.74, 6) is -0.614. The number of nitrogens with one attached hydrogen (secondary N) is 1. The van der Waals surface area contributed by atoms with E-state index in [0.717, 1.165) is 10.0 Å². The van der Waals surface area contributed by atoms with Gasteiger partial charge in [-0.1, -0.05) is 46.3 Å². The molecule has 6 nitrogen and oxygen atoms in total. The Bertz CT molecular complexity index is 946. The standard InChI is InChI=1S/C18H16BrN3O3/c1-12-17(18(23)22(20-12)15-5-3-2-4-6-15)16(11-21(24)25)13-7-9-14(19)10-8-13/h2-10,16,20H,11H2,1H3/t16-/m1/s1. The van der Waals surface area contributed by atoms with Gasteiger partial charge in [0.15, 0.2) is 0 Å². The van der Waals surface area contributed by atoms with Crippen LogP contribution in [-0.2, 0) is 0 Å². The second-order valence-electron chi connectivity index (χ2n) is 5.75. The SMILES string of the molecule is Cc1[nH]n(-c2ccccc2)c(=O)c1[C@H](C[N+](=O)[O-])c1ccc(Br)cc1. The highest BCUT2D eigenvalue weighted by atomic mass is 79.9. The first-order valence-electron chi connectivity index (χ1n) is 7.71. The van der Waals surface area contributed by atoms with Crippen LogP contribution in [-0.4, -0.2) is 21.2 Å². The Morgan fingerprint density at radius 2 is 1.80 bits per heavy atom. The third kappa shape index (κ3) is 3.56. The molecule has 0 amide bonds. The van der Waals surface area contributed by atoms with E-state index in [9.17, 15) is 14.9 Å². The molecule has 0 fully saturated rings. The van der Waals surface area contributed by atoms with Crippen LogP contribution in [0.2, 0.25) is 0 Å². The van der Waals surface area contributed by atoms with Crippen molar-refractivity contribution in [3.63, 3.8) is 0 Å². The molecule has 1 aromatic heterocycles. The van der Waals surface area contributed by atoms with Crippen LogP contribution in [0.1, 0.15) is 22.7 Å². The van der Waals surface area contributed by atoms with E-state index in [4.69, 9.17) is 0 Å². The van der Waals surface area contributed by atoms with Crippen LogP contribution in [0.3, 0.4) is 0 Å². The van der Waals surface area contributed by atoms with E-state index < -0.39 is 5.92 Å². The molecule has 3 aromatic rings. The van der Waals surface area contributed by atoms with Crippen molar-refractivity contribution < 1.29 is 4.92 Å². The van der Waals surface area contributed by atoms with Crippen LogP contribution in [0.25, 0.3) is 5.69 Å². The quantitative estimate of drug-likeness (QED) is 0.523. The molecule has 7 heteroatoms. The van der Waals surface area contributed by atoms with E-state index in [1.165, 1.54) is 4.68 Å². The van der Waals surface area contributed by atoms with E-state index in [-0.39, 0.29) is 17.0 Å². The van der Waals surface area contributed by atoms with Gasteiger partial charge in [-0.15, -0.1) is 0 Å². The van der Waals surface area contributed by atoms with E-state index in [1.807, 2.05) is 42.5 Å². The Hall–Kier alpha value is -2.67. The topological polar surface area (TPSA) is 80.9 Å². The smallest absolute Gasteiger partial charge is 0.275 e. The van der Waals surface area contributed by atoms with Gasteiger partial charge in [0.25, 0.3) is 5.56 Å². The number of aromatic amines is 1. The van der Waals surface area contributed by atoms with Gasteiger partial charge in [-0.25, -0.2) is 4.68 Å². The number of halogens is 1. The molecule has 3 rings (SSSR count). The normalized spacial score (nSPS) is 12.1. The lowest BCUT2D eigenvalue weighted by Gasteiger charge is -2.12. The number of H-pyrrole nitrogens is 1. The van der Waals surface area contributed by atoms with Gasteiger partial charge in [-0.2, -0.15) is 0 Å². The lowest BCUT2D eigenvalue weighted by atomic mass is 9.91. The van der Waals surface area contributed by atoms with Gasteiger partial charge in [-0.05, 0) is 36.8 Å². The Morgan fingerprint density at radius 3 is 2.40 bits per heavy atom. The van der Waals surface area contributed by atoms with Crippen molar-refractivity contribution in [2.75, 3.05) is 6.54 Å². The summed E-state index contributed by atoms with van der Waals surface area (Å²) < 4.78 is 2.31. The van der Waals surface area contributed by atoms with Crippen molar-refractivity contribution in [1.82, 2.24) is 9.78 Å². The van der Waals surface area contributed by atoms with E-state index in [2.05, 4.69) is 21.0 Å².